The van der Waals surface area contributed by atoms with E-state index in [9.17, 15) is 13.6 Å². The summed E-state index contributed by atoms with van der Waals surface area (Å²) in [5, 5.41) is 3.09. The lowest BCUT2D eigenvalue weighted by Crippen LogP contribution is -2.28. The van der Waals surface area contributed by atoms with E-state index in [0.29, 0.717) is 15.9 Å². The predicted molar refractivity (Wildman–Crippen MR) is 71.6 cm³/mol. The van der Waals surface area contributed by atoms with Crippen molar-refractivity contribution in [3.63, 3.8) is 0 Å². The van der Waals surface area contributed by atoms with E-state index in [-0.39, 0.29) is 11.3 Å². The number of carbonyl (C=O) groups is 1. The summed E-state index contributed by atoms with van der Waals surface area (Å²) in [6, 6.07) is 4.60. The average molecular weight is 301 g/mol. The minimum absolute atomic E-state index is 0.135. The molecule has 0 bridgehead atoms. The summed E-state index contributed by atoms with van der Waals surface area (Å²) in [7, 11) is 1.38. The molecule has 2 aromatic rings. The van der Waals surface area contributed by atoms with Crippen LogP contribution in [-0.2, 0) is 0 Å². The fraction of sp³-hybridized carbons (Fsp3) is 0.231. The molecule has 0 saturated carbocycles. The van der Waals surface area contributed by atoms with Gasteiger partial charge in [0.1, 0.15) is 5.75 Å². The van der Waals surface area contributed by atoms with Gasteiger partial charge in [-0.15, -0.1) is 0 Å². The van der Waals surface area contributed by atoms with E-state index in [1.54, 1.807) is 12.1 Å². The minimum atomic E-state index is -2.62. The van der Waals surface area contributed by atoms with Crippen molar-refractivity contribution in [2.75, 3.05) is 13.7 Å². The standard InChI is InChI=1S/C13H11ClF2N2O2/c1-20-11-5-10-7(9(14)2-3-17-10)4-8(11)13(19)18-6-12(15)16/h2-5,12H,6H2,1H3,(H,18,19). The number of nitrogens with zero attached hydrogens (tertiary/aromatic N) is 1. The Morgan fingerprint density at radius 3 is 2.90 bits per heavy atom. The molecule has 0 saturated heterocycles. The maximum atomic E-state index is 12.1. The van der Waals surface area contributed by atoms with Gasteiger partial charge in [0.25, 0.3) is 12.3 Å². The number of benzene rings is 1. The van der Waals surface area contributed by atoms with Gasteiger partial charge >= 0.3 is 0 Å². The number of hydrogen-bond donors (Lipinski definition) is 1. The number of alkyl halides is 2. The third-order valence-electron chi connectivity index (χ3n) is 2.67. The zero-order valence-corrected chi connectivity index (χ0v) is 11.2. The lowest BCUT2D eigenvalue weighted by Gasteiger charge is -2.11. The van der Waals surface area contributed by atoms with Crippen molar-refractivity contribution >= 4 is 28.4 Å². The lowest BCUT2D eigenvalue weighted by molar-refractivity contribution is 0.0889. The fourth-order valence-corrected chi connectivity index (χ4v) is 1.96. The summed E-state index contributed by atoms with van der Waals surface area (Å²) in [5.74, 6) is -0.400. The molecule has 0 aliphatic rings. The summed E-state index contributed by atoms with van der Waals surface area (Å²) in [6.45, 7) is -0.721. The molecule has 2 rings (SSSR count). The van der Waals surface area contributed by atoms with Crippen molar-refractivity contribution in [2.24, 2.45) is 0 Å². The van der Waals surface area contributed by atoms with Gasteiger partial charge in [-0.1, -0.05) is 11.6 Å². The van der Waals surface area contributed by atoms with Crippen molar-refractivity contribution in [3.05, 3.63) is 35.0 Å². The van der Waals surface area contributed by atoms with Gasteiger partial charge in [0, 0.05) is 17.6 Å². The molecule has 0 atom stereocenters. The molecule has 20 heavy (non-hydrogen) atoms. The van der Waals surface area contributed by atoms with Gasteiger partial charge in [-0.05, 0) is 12.1 Å². The van der Waals surface area contributed by atoms with Crippen LogP contribution in [0.4, 0.5) is 8.78 Å². The summed E-state index contributed by atoms with van der Waals surface area (Å²) in [4.78, 5) is 16.0. The van der Waals surface area contributed by atoms with Crippen LogP contribution in [0.25, 0.3) is 10.9 Å². The van der Waals surface area contributed by atoms with Crippen LogP contribution < -0.4 is 10.1 Å². The van der Waals surface area contributed by atoms with Crippen LogP contribution in [0.2, 0.25) is 5.02 Å². The molecular weight excluding hydrogens is 290 g/mol. The van der Waals surface area contributed by atoms with E-state index in [1.165, 1.54) is 19.4 Å². The van der Waals surface area contributed by atoms with Gasteiger partial charge in [-0.25, -0.2) is 8.78 Å². The zero-order chi connectivity index (χ0) is 14.7. The number of fused-ring (bicyclic) bond motifs is 1. The summed E-state index contributed by atoms with van der Waals surface area (Å²) >= 11 is 6.02. The number of carbonyl (C=O) groups excluding carboxylic acids is 1. The first-order valence-electron chi connectivity index (χ1n) is 5.71. The molecule has 0 aliphatic heterocycles. The second-order valence-electron chi connectivity index (χ2n) is 3.96. The molecule has 1 N–H and O–H groups in total. The summed E-state index contributed by atoms with van der Waals surface area (Å²) < 4.78 is 29.4. The van der Waals surface area contributed by atoms with Crippen LogP contribution in [0.5, 0.6) is 5.75 Å². The van der Waals surface area contributed by atoms with Crippen molar-refractivity contribution in [2.45, 2.75) is 6.43 Å². The SMILES string of the molecule is COc1cc2nccc(Cl)c2cc1C(=O)NCC(F)F. The molecule has 1 amide bonds. The minimum Gasteiger partial charge on any atom is -0.496 e. The number of halogens is 3. The Labute approximate surface area is 118 Å². The van der Waals surface area contributed by atoms with E-state index in [4.69, 9.17) is 16.3 Å². The number of ether oxygens (including phenoxy) is 1. The molecule has 4 nitrogen and oxygen atoms in total. The van der Waals surface area contributed by atoms with E-state index >= 15 is 0 Å². The topological polar surface area (TPSA) is 51.2 Å². The Balaban J connectivity index is 2.45. The quantitative estimate of drug-likeness (QED) is 0.944. The van der Waals surface area contributed by atoms with Gasteiger partial charge in [0.2, 0.25) is 0 Å². The number of amides is 1. The molecule has 1 aromatic heterocycles. The van der Waals surface area contributed by atoms with Crippen LogP contribution in [-0.4, -0.2) is 31.0 Å². The van der Waals surface area contributed by atoms with Gasteiger partial charge in [0.05, 0.1) is 29.8 Å². The van der Waals surface area contributed by atoms with Crippen LogP contribution >= 0.6 is 11.6 Å². The van der Waals surface area contributed by atoms with Crippen molar-refractivity contribution in [1.82, 2.24) is 10.3 Å². The molecule has 1 heterocycles. The molecule has 7 heteroatoms. The molecule has 0 spiro atoms. The van der Waals surface area contributed by atoms with Crippen LogP contribution in [0.3, 0.4) is 0 Å². The van der Waals surface area contributed by atoms with Gasteiger partial charge < -0.3 is 10.1 Å². The normalized spacial score (nSPS) is 10.8. The molecule has 0 aliphatic carbocycles. The highest BCUT2D eigenvalue weighted by molar-refractivity contribution is 6.35. The van der Waals surface area contributed by atoms with Crippen LogP contribution in [0.15, 0.2) is 24.4 Å². The fourth-order valence-electron chi connectivity index (χ4n) is 1.75. The van der Waals surface area contributed by atoms with Gasteiger partial charge in [0.15, 0.2) is 0 Å². The highest BCUT2D eigenvalue weighted by Crippen LogP contribution is 2.29. The van der Waals surface area contributed by atoms with E-state index in [1.807, 2.05) is 0 Å². The largest absolute Gasteiger partial charge is 0.496 e. The third kappa shape index (κ3) is 2.96. The number of nitrogens with one attached hydrogen (secondary N) is 1. The van der Waals surface area contributed by atoms with Crippen LogP contribution in [0.1, 0.15) is 10.4 Å². The highest BCUT2D eigenvalue weighted by Gasteiger charge is 2.16. The number of aromatic nitrogens is 1. The second kappa shape index (κ2) is 6.00. The number of methoxy groups -OCH3 is 1. The average Bonchev–Trinajstić information content (AvgIpc) is 2.43. The highest BCUT2D eigenvalue weighted by atomic mass is 35.5. The monoisotopic (exact) mass is 300 g/mol. The first-order chi connectivity index (χ1) is 9.52. The molecular formula is C13H11ClF2N2O2. The first-order valence-corrected chi connectivity index (χ1v) is 6.09. The van der Waals surface area contributed by atoms with Crippen molar-refractivity contribution in [1.29, 1.82) is 0 Å². The third-order valence-corrected chi connectivity index (χ3v) is 3.00. The molecule has 0 radical (unpaired) electrons. The van der Waals surface area contributed by atoms with E-state index in [0.717, 1.165) is 0 Å². The number of hydrogen-bond acceptors (Lipinski definition) is 3. The van der Waals surface area contributed by atoms with Gasteiger partial charge in [-0.3, -0.25) is 9.78 Å². The first kappa shape index (κ1) is 14.5. The Morgan fingerprint density at radius 2 is 2.25 bits per heavy atom. The van der Waals surface area contributed by atoms with Crippen molar-refractivity contribution in [3.8, 4) is 5.75 Å². The summed E-state index contributed by atoms with van der Waals surface area (Å²) in [5.41, 5.74) is 0.690. The Bertz CT molecular complexity index is 650. The zero-order valence-electron chi connectivity index (χ0n) is 10.5. The Hall–Kier alpha value is -1.95. The van der Waals surface area contributed by atoms with Crippen molar-refractivity contribution < 1.29 is 18.3 Å². The van der Waals surface area contributed by atoms with Crippen LogP contribution in [0, 0.1) is 0 Å². The maximum Gasteiger partial charge on any atom is 0.255 e. The molecule has 106 valence electrons. The molecule has 0 unspecified atom stereocenters. The molecule has 1 aromatic carbocycles. The Morgan fingerprint density at radius 1 is 1.50 bits per heavy atom. The molecule has 0 fully saturated rings. The van der Waals surface area contributed by atoms with E-state index < -0.39 is 18.9 Å². The smallest absolute Gasteiger partial charge is 0.255 e. The van der Waals surface area contributed by atoms with E-state index in [2.05, 4.69) is 10.3 Å². The second-order valence-corrected chi connectivity index (χ2v) is 4.37. The summed E-state index contributed by atoms with van der Waals surface area (Å²) in [6.07, 6.45) is -1.09. The number of pyridine rings is 1. The predicted octanol–water partition coefficient (Wildman–Crippen LogP) is 2.89. The Kier molecular flexibility index (Phi) is 4.34. The lowest BCUT2D eigenvalue weighted by atomic mass is 10.1. The van der Waals surface area contributed by atoms with Gasteiger partial charge in [-0.2, -0.15) is 0 Å². The maximum absolute atomic E-state index is 12.1. The number of rotatable bonds is 4.